The molecule has 1 aliphatic rings. The van der Waals surface area contributed by atoms with Crippen molar-refractivity contribution >= 4 is 11.7 Å². The maximum atomic E-state index is 12.4. The number of anilines is 1. The number of amides is 1. The Balaban J connectivity index is 1.99. The molecule has 4 nitrogen and oxygen atoms in total. The Hall–Kier alpha value is -1.58. The first-order valence-corrected chi connectivity index (χ1v) is 7.74. The summed E-state index contributed by atoms with van der Waals surface area (Å²) in [5, 5.41) is 6.37. The van der Waals surface area contributed by atoms with Crippen molar-refractivity contribution < 1.29 is 4.79 Å². The number of carbonyl (C=O) groups excluding carboxylic acids is 1. The van der Waals surface area contributed by atoms with E-state index in [0.717, 1.165) is 31.7 Å². The topological polar surface area (TPSA) is 54.0 Å². The van der Waals surface area contributed by atoms with Gasteiger partial charge in [0.2, 0.25) is 0 Å². The number of carbonyl (C=O) groups is 1. The van der Waals surface area contributed by atoms with Crippen LogP contribution in [-0.4, -0.2) is 23.5 Å². The summed E-state index contributed by atoms with van der Waals surface area (Å²) >= 11 is 0. The molecule has 0 aliphatic heterocycles. The third kappa shape index (κ3) is 4.22. The van der Waals surface area contributed by atoms with E-state index in [1.165, 1.54) is 12.8 Å². The Bertz CT molecular complexity index is 443. The molecule has 1 saturated carbocycles. The molecule has 1 unspecified atom stereocenters. The van der Waals surface area contributed by atoms with Crippen LogP contribution in [0.15, 0.2) is 18.3 Å². The van der Waals surface area contributed by atoms with Gasteiger partial charge in [-0.1, -0.05) is 26.7 Å². The zero-order valence-electron chi connectivity index (χ0n) is 12.5. The molecule has 2 N–H and O–H groups in total. The van der Waals surface area contributed by atoms with Gasteiger partial charge in [-0.2, -0.15) is 0 Å². The van der Waals surface area contributed by atoms with Crippen LogP contribution in [0.3, 0.4) is 0 Å². The fourth-order valence-electron chi connectivity index (χ4n) is 2.32. The van der Waals surface area contributed by atoms with Crippen LogP contribution in [-0.2, 0) is 0 Å². The van der Waals surface area contributed by atoms with Gasteiger partial charge in [0.15, 0.2) is 0 Å². The lowest BCUT2D eigenvalue weighted by molar-refractivity contribution is 0.0933. The van der Waals surface area contributed by atoms with Crippen LogP contribution in [0.2, 0.25) is 0 Å². The molecule has 2 rings (SSSR count). The lowest BCUT2D eigenvalue weighted by Crippen LogP contribution is -2.35. The Labute approximate surface area is 121 Å². The molecular weight excluding hydrogens is 250 g/mol. The van der Waals surface area contributed by atoms with Gasteiger partial charge in [0.1, 0.15) is 5.82 Å². The molecule has 1 aliphatic carbocycles. The van der Waals surface area contributed by atoms with Crippen molar-refractivity contribution in [1.29, 1.82) is 0 Å². The first-order chi connectivity index (χ1) is 9.74. The molecule has 1 heterocycles. The summed E-state index contributed by atoms with van der Waals surface area (Å²) in [6, 6.07) is 3.94. The predicted molar refractivity (Wildman–Crippen MR) is 81.9 cm³/mol. The van der Waals surface area contributed by atoms with Crippen molar-refractivity contribution in [2.75, 3.05) is 11.9 Å². The number of hydrogen-bond donors (Lipinski definition) is 2. The van der Waals surface area contributed by atoms with E-state index in [9.17, 15) is 4.79 Å². The van der Waals surface area contributed by atoms with Gasteiger partial charge in [-0.3, -0.25) is 4.79 Å². The second-order valence-electron chi connectivity index (χ2n) is 5.58. The summed E-state index contributed by atoms with van der Waals surface area (Å²) in [7, 11) is 0. The summed E-state index contributed by atoms with van der Waals surface area (Å²) in [4.78, 5) is 16.7. The third-order valence-corrected chi connectivity index (χ3v) is 3.74. The van der Waals surface area contributed by atoms with Crippen LogP contribution >= 0.6 is 0 Å². The molecular formula is C16H25N3O. The minimum Gasteiger partial charge on any atom is -0.369 e. The fourth-order valence-corrected chi connectivity index (χ4v) is 2.32. The summed E-state index contributed by atoms with van der Waals surface area (Å²) in [5.41, 5.74) is 0.648. The number of nitrogens with one attached hydrogen (secondary N) is 2. The van der Waals surface area contributed by atoms with Crippen molar-refractivity contribution in [3.8, 4) is 0 Å². The molecule has 0 radical (unpaired) electrons. The molecule has 1 amide bonds. The molecule has 110 valence electrons. The first-order valence-electron chi connectivity index (χ1n) is 7.74. The van der Waals surface area contributed by atoms with Gasteiger partial charge in [-0.25, -0.2) is 4.98 Å². The molecule has 0 spiro atoms. The van der Waals surface area contributed by atoms with E-state index < -0.39 is 0 Å². The zero-order chi connectivity index (χ0) is 14.4. The van der Waals surface area contributed by atoms with E-state index in [-0.39, 0.29) is 11.9 Å². The van der Waals surface area contributed by atoms with Gasteiger partial charge >= 0.3 is 0 Å². The maximum Gasteiger partial charge on any atom is 0.255 e. The average molecular weight is 275 g/mol. The van der Waals surface area contributed by atoms with Crippen molar-refractivity contribution in [1.82, 2.24) is 10.3 Å². The van der Waals surface area contributed by atoms with Crippen molar-refractivity contribution in [2.45, 2.75) is 52.0 Å². The first kappa shape index (κ1) is 14.8. The maximum absolute atomic E-state index is 12.4. The highest BCUT2D eigenvalue weighted by Gasteiger charge is 2.26. The largest absolute Gasteiger partial charge is 0.369 e. The van der Waals surface area contributed by atoms with Crippen LogP contribution in [0.5, 0.6) is 0 Å². The van der Waals surface area contributed by atoms with E-state index in [4.69, 9.17) is 0 Å². The number of pyridine rings is 1. The molecule has 4 heteroatoms. The molecule has 1 aromatic rings. The SMILES string of the molecule is CCCNc1ncccc1C(=O)NC(CC)CC1CC1. The molecule has 1 atom stereocenters. The summed E-state index contributed by atoms with van der Waals surface area (Å²) in [5.74, 6) is 1.50. The number of hydrogen-bond acceptors (Lipinski definition) is 3. The Morgan fingerprint density at radius 2 is 2.25 bits per heavy atom. The highest BCUT2D eigenvalue weighted by molar-refractivity contribution is 5.98. The summed E-state index contributed by atoms with van der Waals surface area (Å²) in [6.07, 6.45) is 7.47. The van der Waals surface area contributed by atoms with E-state index in [1.807, 2.05) is 12.1 Å². The summed E-state index contributed by atoms with van der Waals surface area (Å²) in [6.45, 7) is 5.06. The van der Waals surface area contributed by atoms with Gasteiger partial charge in [-0.05, 0) is 37.3 Å². The van der Waals surface area contributed by atoms with Crippen LogP contribution in [0.4, 0.5) is 5.82 Å². The Morgan fingerprint density at radius 1 is 1.45 bits per heavy atom. The minimum atomic E-state index is -0.01000. The Morgan fingerprint density at radius 3 is 2.90 bits per heavy atom. The van der Waals surface area contributed by atoms with E-state index in [1.54, 1.807) is 6.20 Å². The van der Waals surface area contributed by atoms with Crippen molar-refractivity contribution in [2.24, 2.45) is 5.92 Å². The highest BCUT2D eigenvalue weighted by atomic mass is 16.1. The molecule has 0 aromatic carbocycles. The normalized spacial score (nSPS) is 15.7. The highest BCUT2D eigenvalue weighted by Crippen LogP contribution is 2.34. The van der Waals surface area contributed by atoms with Crippen LogP contribution in [0, 0.1) is 5.92 Å². The molecule has 0 bridgehead atoms. The fraction of sp³-hybridized carbons (Fsp3) is 0.625. The number of aromatic nitrogens is 1. The van der Waals surface area contributed by atoms with Crippen molar-refractivity contribution in [3.63, 3.8) is 0 Å². The van der Waals surface area contributed by atoms with E-state index >= 15 is 0 Å². The Kier molecular flexibility index (Phi) is 5.39. The predicted octanol–water partition coefficient (Wildman–Crippen LogP) is 3.21. The second kappa shape index (κ2) is 7.27. The molecule has 1 aromatic heterocycles. The van der Waals surface area contributed by atoms with Crippen LogP contribution in [0.25, 0.3) is 0 Å². The van der Waals surface area contributed by atoms with Crippen LogP contribution in [0.1, 0.15) is 56.3 Å². The van der Waals surface area contributed by atoms with Gasteiger partial charge in [0.25, 0.3) is 5.91 Å². The van der Waals surface area contributed by atoms with Gasteiger partial charge < -0.3 is 10.6 Å². The average Bonchev–Trinajstić information content (AvgIpc) is 3.28. The zero-order valence-corrected chi connectivity index (χ0v) is 12.5. The van der Waals surface area contributed by atoms with Gasteiger partial charge in [0.05, 0.1) is 5.56 Å². The third-order valence-electron chi connectivity index (χ3n) is 3.74. The molecule has 1 fully saturated rings. The van der Waals surface area contributed by atoms with E-state index in [0.29, 0.717) is 11.4 Å². The number of rotatable bonds is 8. The molecule has 20 heavy (non-hydrogen) atoms. The summed E-state index contributed by atoms with van der Waals surface area (Å²) < 4.78 is 0. The quantitative estimate of drug-likeness (QED) is 0.766. The van der Waals surface area contributed by atoms with Crippen LogP contribution < -0.4 is 10.6 Å². The standard InChI is InChI=1S/C16H25N3O/c1-3-9-17-15-14(6-5-10-18-15)16(20)19-13(4-2)11-12-7-8-12/h5-6,10,12-13H,3-4,7-9,11H2,1-2H3,(H,17,18)(H,19,20). The number of nitrogens with zero attached hydrogens (tertiary/aromatic N) is 1. The lowest BCUT2D eigenvalue weighted by Gasteiger charge is -2.18. The van der Waals surface area contributed by atoms with Gasteiger partial charge in [-0.15, -0.1) is 0 Å². The van der Waals surface area contributed by atoms with Crippen molar-refractivity contribution in [3.05, 3.63) is 23.9 Å². The van der Waals surface area contributed by atoms with E-state index in [2.05, 4.69) is 29.5 Å². The second-order valence-corrected chi connectivity index (χ2v) is 5.58. The van der Waals surface area contributed by atoms with Gasteiger partial charge in [0, 0.05) is 18.8 Å². The lowest BCUT2D eigenvalue weighted by atomic mass is 10.1. The smallest absolute Gasteiger partial charge is 0.255 e. The monoisotopic (exact) mass is 275 g/mol. The molecule has 0 saturated heterocycles. The minimum absolute atomic E-state index is 0.01000.